The third-order valence-corrected chi connectivity index (χ3v) is 5.09. The first kappa shape index (κ1) is 19.4. The van der Waals surface area contributed by atoms with Crippen LogP contribution in [0.1, 0.15) is 28.8 Å². The standard InChI is InChI=1S/C19H29N5S/c1-15(24(4)14-17-8-6-5-7-9-17)10-11-21-19(20-3)23-13-18-22-12-16(2)25-18/h5-9,12,15H,10-11,13-14H2,1-4H3,(H2,20,21,23). The number of aliphatic imine (C=N–C) groups is 1. The Balaban J connectivity index is 1.68. The van der Waals surface area contributed by atoms with Crippen molar-refractivity contribution in [3.63, 3.8) is 0 Å². The number of hydrogen-bond donors (Lipinski definition) is 2. The van der Waals surface area contributed by atoms with E-state index in [4.69, 9.17) is 0 Å². The van der Waals surface area contributed by atoms with E-state index < -0.39 is 0 Å². The molecule has 2 N–H and O–H groups in total. The maximum absolute atomic E-state index is 4.36. The van der Waals surface area contributed by atoms with Crippen LogP contribution < -0.4 is 10.6 Å². The first-order valence-electron chi connectivity index (χ1n) is 8.68. The molecule has 6 heteroatoms. The molecule has 0 fully saturated rings. The van der Waals surface area contributed by atoms with E-state index in [1.165, 1.54) is 10.4 Å². The lowest BCUT2D eigenvalue weighted by Crippen LogP contribution is -2.39. The highest BCUT2D eigenvalue weighted by atomic mass is 32.1. The molecule has 1 unspecified atom stereocenters. The summed E-state index contributed by atoms with van der Waals surface area (Å²) in [7, 11) is 3.98. The lowest BCUT2D eigenvalue weighted by molar-refractivity contribution is 0.238. The molecule has 1 atom stereocenters. The third-order valence-electron chi connectivity index (χ3n) is 4.18. The van der Waals surface area contributed by atoms with Crippen LogP contribution >= 0.6 is 11.3 Å². The highest BCUT2D eigenvalue weighted by molar-refractivity contribution is 7.11. The molecule has 0 spiro atoms. The second-order valence-electron chi connectivity index (χ2n) is 6.26. The monoisotopic (exact) mass is 359 g/mol. The maximum atomic E-state index is 4.36. The Morgan fingerprint density at radius 1 is 1.28 bits per heavy atom. The summed E-state index contributed by atoms with van der Waals surface area (Å²) in [4.78, 5) is 12.2. The van der Waals surface area contributed by atoms with Crippen molar-refractivity contribution < 1.29 is 0 Å². The van der Waals surface area contributed by atoms with Gasteiger partial charge in [-0.3, -0.25) is 9.89 Å². The number of rotatable bonds is 8. The smallest absolute Gasteiger partial charge is 0.191 e. The molecular formula is C19H29N5S. The highest BCUT2D eigenvalue weighted by Crippen LogP contribution is 2.10. The summed E-state index contributed by atoms with van der Waals surface area (Å²) in [5.41, 5.74) is 1.35. The van der Waals surface area contributed by atoms with E-state index in [-0.39, 0.29) is 0 Å². The van der Waals surface area contributed by atoms with Gasteiger partial charge in [0, 0.05) is 37.3 Å². The van der Waals surface area contributed by atoms with Crippen molar-refractivity contribution in [2.45, 2.75) is 39.4 Å². The van der Waals surface area contributed by atoms with Crippen LogP contribution in [-0.4, -0.2) is 42.5 Å². The molecule has 1 aromatic carbocycles. The molecule has 2 rings (SSSR count). The molecule has 25 heavy (non-hydrogen) atoms. The molecule has 5 nitrogen and oxygen atoms in total. The Hall–Kier alpha value is -1.92. The van der Waals surface area contributed by atoms with Gasteiger partial charge in [0.2, 0.25) is 0 Å². The topological polar surface area (TPSA) is 52.6 Å². The van der Waals surface area contributed by atoms with E-state index in [0.29, 0.717) is 12.6 Å². The normalized spacial score (nSPS) is 13.1. The zero-order valence-corrected chi connectivity index (χ0v) is 16.4. The van der Waals surface area contributed by atoms with Crippen LogP contribution in [0.25, 0.3) is 0 Å². The molecule has 1 heterocycles. The maximum Gasteiger partial charge on any atom is 0.191 e. The predicted octanol–water partition coefficient (Wildman–Crippen LogP) is 3.03. The fraction of sp³-hybridized carbons (Fsp3) is 0.474. The molecule has 136 valence electrons. The fourth-order valence-corrected chi connectivity index (χ4v) is 3.24. The summed E-state index contributed by atoms with van der Waals surface area (Å²) in [5, 5.41) is 7.78. The van der Waals surface area contributed by atoms with Crippen LogP contribution in [0.5, 0.6) is 0 Å². The lowest BCUT2D eigenvalue weighted by atomic mass is 10.1. The number of thiazole rings is 1. The minimum Gasteiger partial charge on any atom is -0.356 e. The number of nitrogens with zero attached hydrogens (tertiary/aromatic N) is 3. The summed E-state index contributed by atoms with van der Waals surface area (Å²) < 4.78 is 0. The van der Waals surface area contributed by atoms with Gasteiger partial charge in [0.05, 0.1) is 6.54 Å². The van der Waals surface area contributed by atoms with Gasteiger partial charge in [-0.05, 0) is 32.9 Å². The zero-order chi connectivity index (χ0) is 18.1. The van der Waals surface area contributed by atoms with Gasteiger partial charge < -0.3 is 10.6 Å². The molecule has 0 aliphatic rings. The average molecular weight is 360 g/mol. The van der Waals surface area contributed by atoms with E-state index in [0.717, 1.165) is 30.5 Å². The third kappa shape index (κ3) is 6.84. The van der Waals surface area contributed by atoms with Gasteiger partial charge in [-0.25, -0.2) is 4.98 Å². The lowest BCUT2D eigenvalue weighted by Gasteiger charge is -2.25. The summed E-state index contributed by atoms with van der Waals surface area (Å²) in [6, 6.07) is 11.1. The van der Waals surface area contributed by atoms with Crippen LogP contribution in [0.15, 0.2) is 41.5 Å². The largest absolute Gasteiger partial charge is 0.356 e. The van der Waals surface area contributed by atoms with Crippen molar-refractivity contribution in [2.75, 3.05) is 20.6 Å². The van der Waals surface area contributed by atoms with E-state index in [1.807, 2.05) is 6.20 Å². The van der Waals surface area contributed by atoms with Gasteiger partial charge in [0.1, 0.15) is 5.01 Å². The summed E-state index contributed by atoms with van der Waals surface area (Å²) in [6.07, 6.45) is 2.96. The summed E-state index contributed by atoms with van der Waals surface area (Å²) in [6.45, 7) is 6.90. The van der Waals surface area contributed by atoms with E-state index in [2.05, 4.69) is 76.7 Å². The number of aryl methyl sites for hydroxylation is 1. The first-order chi connectivity index (χ1) is 12.1. The number of aromatic nitrogens is 1. The number of hydrogen-bond acceptors (Lipinski definition) is 4. The zero-order valence-electron chi connectivity index (χ0n) is 15.6. The van der Waals surface area contributed by atoms with Gasteiger partial charge in [0.15, 0.2) is 5.96 Å². The molecule has 0 bridgehead atoms. The first-order valence-corrected chi connectivity index (χ1v) is 9.50. The number of guanidine groups is 1. The van der Waals surface area contributed by atoms with Gasteiger partial charge in [0.25, 0.3) is 0 Å². The quantitative estimate of drug-likeness (QED) is 0.562. The second kappa shape index (κ2) is 10.2. The molecular weight excluding hydrogens is 330 g/mol. The van der Waals surface area contributed by atoms with Crippen molar-refractivity contribution in [1.82, 2.24) is 20.5 Å². The Bertz CT molecular complexity index is 653. The van der Waals surface area contributed by atoms with E-state index >= 15 is 0 Å². The second-order valence-corrected chi connectivity index (χ2v) is 7.57. The Kier molecular flexibility index (Phi) is 7.88. The van der Waals surface area contributed by atoms with Crippen molar-refractivity contribution in [3.05, 3.63) is 52.0 Å². The molecule has 2 aromatic rings. The molecule has 0 saturated carbocycles. The Morgan fingerprint density at radius 2 is 2.04 bits per heavy atom. The molecule has 0 amide bonds. The Labute approximate surface area is 155 Å². The molecule has 0 aliphatic carbocycles. The number of nitrogens with one attached hydrogen (secondary N) is 2. The SMILES string of the molecule is CN=C(NCCC(C)N(C)Cc1ccccc1)NCc1ncc(C)s1. The van der Waals surface area contributed by atoms with Gasteiger partial charge in [-0.2, -0.15) is 0 Å². The van der Waals surface area contributed by atoms with E-state index in [1.54, 1.807) is 18.4 Å². The van der Waals surface area contributed by atoms with Crippen LogP contribution in [0.3, 0.4) is 0 Å². The predicted molar refractivity (Wildman–Crippen MR) is 107 cm³/mol. The fourth-order valence-electron chi connectivity index (χ4n) is 2.51. The van der Waals surface area contributed by atoms with Crippen LogP contribution in [0.2, 0.25) is 0 Å². The van der Waals surface area contributed by atoms with Gasteiger partial charge in [-0.1, -0.05) is 30.3 Å². The van der Waals surface area contributed by atoms with Crippen molar-refractivity contribution in [1.29, 1.82) is 0 Å². The summed E-state index contributed by atoms with van der Waals surface area (Å²) >= 11 is 1.71. The van der Waals surface area contributed by atoms with Crippen molar-refractivity contribution in [2.24, 2.45) is 4.99 Å². The Morgan fingerprint density at radius 3 is 2.68 bits per heavy atom. The minimum atomic E-state index is 0.493. The van der Waals surface area contributed by atoms with Crippen LogP contribution in [0.4, 0.5) is 0 Å². The molecule has 0 saturated heterocycles. The number of benzene rings is 1. The highest BCUT2D eigenvalue weighted by Gasteiger charge is 2.10. The minimum absolute atomic E-state index is 0.493. The van der Waals surface area contributed by atoms with Gasteiger partial charge >= 0.3 is 0 Å². The summed E-state index contributed by atoms with van der Waals surface area (Å²) in [5.74, 6) is 0.825. The van der Waals surface area contributed by atoms with Crippen molar-refractivity contribution >= 4 is 17.3 Å². The van der Waals surface area contributed by atoms with Crippen LogP contribution in [0, 0.1) is 6.92 Å². The molecule has 0 radical (unpaired) electrons. The average Bonchev–Trinajstić information content (AvgIpc) is 3.04. The van der Waals surface area contributed by atoms with E-state index in [9.17, 15) is 0 Å². The van der Waals surface area contributed by atoms with Gasteiger partial charge in [-0.15, -0.1) is 11.3 Å². The van der Waals surface area contributed by atoms with Crippen LogP contribution in [-0.2, 0) is 13.1 Å². The van der Waals surface area contributed by atoms with Crippen molar-refractivity contribution in [3.8, 4) is 0 Å². The molecule has 1 aromatic heterocycles. The molecule has 0 aliphatic heterocycles.